The Bertz CT molecular complexity index is 992. The van der Waals surface area contributed by atoms with Gasteiger partial charge in [0, 0.05) is 61.6 Å². The summed E-state index contributed by atoms with van der Waals surface area (Å²) in [5.74, 6) is 1.38. The number of carbonyl (C=O) groups excluding carboxylic acids is 1. The molecule has 150 valence electrons. The molecule has 3 aromatic heterocycles. The van der Waals surface area contributed by atoms with E-state index in [1.807, 2.05) is 41.8 Å². The van der Waals surface area contributed by atoms with Crippen LogP contribution in [-0.2, 0) is 19.4 Å². The lowest BCUT2D eigenvalue weighted by Crippen LogP contribution is -2.40. The van der Waals surface area contributed by atoms with Crippen LogP contribution in [0.5, 0.6) is 0 Å². The SMILES string of the molecule is O=C(c1n[nH]c2c1CCCC2)N1CCCC(c2nccn2Cc2ccncc2)C1. The lowest BCUT2D eigenvalue weighted by molar-refractivity contribution is 0.0696. The highest BCUT2D eigenvalue weighted by Gasteiger charge is 2.31. The van der Waals surface area contributed by atoms with Crippen molar-refractivity contribution in [1.29, 1.82) is 0 Å². The number of H-pyrrole nitrogens is 1. The molecule has 1 saturated heterocycles. The van der Waals surface area contributed by atoms with Gasteiger partial charge in [-0.2, -0.15) is 5.10 Å². The Morgan fingerprint density at radius 3 is 2.90 bits per heavy atom. The molecule has 7 heteroatoms. The zero-order chi connectivity index (χ0) is 19.6. The number of fused-ring (bicyclic) bond motifs is 1. The molecule has 3 aromatic rings. The number of hydrogen-bond donors (Lipinski definition) is 1. The first-order valence-corrected chi connectivity index (χ1v) is 10.5. The van der Waals surface area contributed by atoms with Gasteiger partial charge < -0.3 is 9.47 Å². The minimum absolute atomic E-state index is 0.0707. The number of nitrogens with one attached hydrogen (secondary N) is 1. The molecule has 0 bridgehead atoms. The number of aryl methyl sites for hydroxylation is 1. The molecule has 0 radical (unpaired) electrons. The Kier molecular flexibility index (Phi) is 4.87. The van der Waals surface area contributed by atoms with Crippen LogP contribution in [-0.4, -0.2) is 48.6 Å². The van der Waals surface area contributed by atoms with Gasteiger partial charge in [-0.3, -0.25) is 14.9 Å². The third-order valence-electron chi connectivity index (χ3n) is 6.18. The molecule has 1 unspecified atom stereocenters. The normalized spacial score (nSPS) is 19.2. The second-order valence-corrected chi connectivity index (χ2v) is 8.10. The first kappa shape index (κ1) is 18.1. The number of pyridine rings is 1. The van der Waals surface area contributed by atoms with Gasteiger partial charge in [-0.05, 0) is 56.2 Å². The molecular weight excluding hydrogens is 364 g/mol. The molecule has 1 N–H and O–H groups in total. The van der Waals surface area contributed by atoms with E-state index in [9.17, 15) is 4.79 Å². The van der Waals surface area contributed by atoms with E-state index in [4.69, 9.17) is 0 Å². The van der Waals surface area contributed by atoms with E-state index in [1.165, 1.54) is 12.0 Å². The molecule has 1 fully saturated rings. The lowest BCUT2D eigenvalue weighted by Gasteiger charge is -2.32. The molecule has 1 amide bonds. The van der Waals surface area contributed by atoms with Crippen LogP contribution < -0.4 is 0 Å². The summed E-state index contributed by atoms with van der Waals surface area (Å²) in [6.45, 7) is 2.27. The largest absolute Gasteiger partial charge is 0.337 e. The summed E-state index contributed by atoms with van der Waals surface area (Å²) in [5.41, 5.74) is 4.13. The molecule has 2 aliphatic rings. The van der Waals surface area contributed by atoms with Gasteiger partial charge in [0.1, 0.15) is 5.82 Å². The van der Waals surface area contributed by atoms with Crippen molar-refractivity contribution in [2.45, 2.75) is 51.0 Å². The molecule has 1 aliphatic carbocycles. The standard InChI is InChI=1S/C22H26N6O/c29-22(20-18-5-1-2-6-19(18)25-26-20)28-12-3-4-17(15-28)21-24-11-13-27(21)14-16-7-9-23-10-8-16/h7-11,13,17H,1-6,12,14-15H2,(H,25,26). The number of likely N-dealkylation sites (tertiary alicyclic amines) is 1. The van der Waals surface area contributed by atoms with E-state index in [-0.39, 0.29) is 11.8 Å². The summed E-state index contributed by atoms with van der Waals surface area (Å²) in [6.07, 6.45) is 13.8. The molecular formula is C22H26N6O. The molecule has 0 saturated carbocycles. The predicted molar refractivity (Wildman–Crippen MR) is 109 cm³/mol. The Balaban J connectivity index is 1.33. The lowest BCUT2D eigenvalue weighted by atomic mass is 9.94. The second-order valence-electron chi connectivity index (χ2n) is 8.10. The highest BCUT2D eigenvalue weighted by atomic mass is 16.2. The summed E-state index contributed by atoms with van der Waals surface area (Å²) < 4.78 is 2.20. The zero-order valence-corrected chi connectivity index (χ0v) is 16.5. The molecule has 1 atom stereocenters. The third kappa shape index (κ3) is 3.57. The topological polar surface area (TPSA) is 79.7 Å². The maximum Gasteiger partial charge on any atom is 0.274 e. The van der Waals surface area contributed by atoms with Crippen molar-refractivity contribution >= 4 is 5.91 Å². The van der Waals surface area contributed by atoms with Crippen molar-refractivity contribution in [3.63, 3.8) is 0 Å². The van der Waals surface area contributed by atoms with Crippen LogP contribution in [0.1, 0.15) is 64.7 Å². The fraction of sp³-hybridized carbons (Fsp3) is 0.455. The van der Waals surface area contributed by atoms with Gasteiger partial charge in [-0.15, -0.1) is 0 Å². The maximum atomic E-state index is 13.2. The molecule has 1 aliphatic heterocycles. The quantitative estimate of drug-likeness (QED) is 0.743. The van der Waals surface area contributed by atoms with Gasteiger partial charge >= 0.3 is 0 Å². The Morgan fingerprint density at radius 2 is 2.00 bits per heavy atom. The molecule has 29 heavy (non-hydrogen) atoms. The molecule has 0 spiro atoms. The van der Waals surface area contributed by atoms with Gasteiger partial charge in [-0.1, -0.05) is 0 Å². The number of aromatic nitrogens is 5. The number of carbonyl (C=O) groups is 1. The monoisotopic (exact) mass is 390 g/mol. The summed E-state index contributed by atoms with van der Waals surface area (Å²) in [5, 5.41) is 7.49. The minimum Gasteiger partial charge on any atom is -0.337 e. The molecule has 4 heterocycles. The molecule has 5 rings (SSSR count). The molecule has 0 aromatic carbocycles. The Morgan fingerprint density at radius 1 is 1.14 bits per heavy atom. The number of aromatic amines is 1. The zero-order valence-electron chi connectivity index (χ0n) is 16.5. The highest BCUT2D eigenvalue weighted by molar-refractivity contribution is 5.94. The number of nitrogens with zero attached hydrogens (tertiary/aromatic N) is 5. The van der Waals surface area contributed by atoms with Crippen LogP contribution >= 0.6 is 0 Å². The summed E-state index contributed by atoms with van der Waals surface area (Å²) >= 11 is 0. The summed E-state index contributed by atoms with van der Waals surface area (Å²) in [7, 11) is 0. The van der Waals surface area contributed by atoms with Crippen LogP contribution in [0.4, 0.5) is 0 Å². The Labute approximate surface area is 170 Å². The fourth-order valence-electron chi connectivity index (χ4n) is 4.68. The van der Waals surface area contributed by atoms with Crippen molar-refractivity contribution in [1.82, 2.24) is 29.6 Å². The van der Waals surface area contributed by atoms with E-state index in [0.717, 1.165) is 62.3 Å². The van der Waals surface area contributed by atoms with Gasteiger partial charge in [-0.25, -0.2) is 4.98 Å². The number of piperidine rings is 1. The minimum atomic E-state index is 0.0707. The van der Waals surface area contributed by atoms with Crippen molar-refractivity contribution < 1.29 is 4.79 Å². The van der Waals surface area contributed by atoms with Crippen LogP contribution in [0.15, 0.2) is 36.9 Å². The average molecular weight is 390 g/mol. The second kappa shape index (κ2) is 7.81. The van der Waals surface area contributed by atoms with E-state index < -0.39 is 0 Å². The smallest absolute Gasteiger partial charge is 0.274 e. The van der Waals surface area contributed by atoms with Crippen LogP contribution in [0.25, 0.3) is 0 Å². The van der Waals surface area contributed by atoms with E-state index in [0.29, 0.717) is 12.2 Å². The summed E-state index contributed by atoms with van der Waals surface area (Å²) in [4.78, 5) is 24.0. The van der Waals surface area contributed by atoms with Crippen molar-refractivity contribution in [3.8, 4) is 0 Å². The Hall–Kier alpha value is -2.96. The maximum absolute atomic E-state index is 13.2. The van der Waals surface area contributed by atoms with Crippen LogP contribution in [0.3, 0.4) is 0 Å². The van der Waals surface area contributed by atoms with Crippen LogP contribution in [0.2, 0.25) is 0 Å². The van der Waals surface area contributed by atoms with Gasteiger partial charge in [0.2, 0.25) is 0 Å². The van der Waals surface area contributed by atoms with E-state index >= 15 is 0 Å². The first-order valence-electron chi connectivity index (χ1n) is 10.5. The van der Waals surface area contributed by atoms with Crippen molar-refractivity contribution in [2.75, 3.05) is 13.1 Å². The number of rotatable bonds is 4. The van der Waals surface area contributed by atoms with Gasteiger partial charge in [0.15, 0.2) is 5.69 Å². The summed E-state index contributed by atoms with van der Waals surface area (Å²) in [6, 6.07) is 4.06. The fourth-order valence-corrected chi connectivity index (χ4v) is 4.68. The van der Waals surface area contributed by atoms with Crippen molar-refractivity contribution in [2.24, 2.45) is 0 Å². The van der Waals surface area contributed by atoms with Gasteiger partial charge in [0.05, 0.1) is 0 Å². The highest BCUT2D eigenvalue weighted by Crippen LogP contribution is 2.29. The van der Waals surface area contributed by atoms with E-state index in [2.05, 4.69) is 24.7 Å². The third-order valence-corrected chi connectivity index (χ3v) is 6.18. The predicted octanol–water partition coefficient (Wildman–Crippen LogP) is 2.95. The number of hydrogen-bond acceptors (Lipinski definition) is 4. The van der Waals surface area contributed by atoms with E-state index in [1.54, 1.807) is 0 Å². The molecule has 7 nitrogen and oxygen atoms in total. The van der Waals surface area contributed by atoms with Crippen molar-refractivity contribution in [3.05, 3.63) is 65.3 Å². The number of imidazole rings is 1. The van der Waals surface area contributed by atoms with Gasteiger partial charge in [0.25, 0.3) is 5.91 Å². The van der Waals surface area contributed by atoms with Crippen LogP contribution in [0, 0.1) is 0 Å². The number of amides is 1. The average Bonchev–Trinajstić information content (AvgIpc) is 3.41. The first-order chi connectivity index (χ1) is 14.3.